The lowest BCUT2D eigenvalue weighted by Gasteiger charge is -2.29. The monoisotopic (exact) mass is 289 g/mol. The number of nitrogens with two attached hydrogens (primary N) is 1. The molecule has 21 heavy (non-hydrogen) atoms. The molecule has 0 spiro atoms. The average molecular weight is 289 g/mol. The van der Waals surface area contributed by atoms with E-state index in [1.165, 1.54) is 0 Å². The number of aromatic nitrogens is 3. The number of hydrogen-bond acceptors (Lipinski definition) is 4. The third kappa shape index (κ3) is 2.76. The zero-order valence-electron chi connectivity index (χ0n) is 12.8. The third-order valence-corrected chi connectivity index (χ3v) is 4.30. The van der Waals surface area contributed by atoms with Crippen molar-refractivity contribution in [3.8, 4) is 0 Å². The molecule has 1 atom stereocenters. The number of fused-ring (bicyclic) bond motifs is 1. The zero-order valence-corrected chi connectivity index (χ0v) is 12.8. The highest BCUT2D eigenvalue weighted by molar-refractivity contribution is 5.83. The van der Waals surface area contributed by atoms with E-state index in [1.54, 1.807) is 0 Å². The van der Waals surface area contributed by atoms with Crippen LogP contribution in [0.25, 0.3) is 5.65 Å². The molecule has 0 aliphatic rings. The van der Waals surface area contributed by atoms with E-state index < -0.39 is 5.41 Å². The van der Waals surface area contributed by atoms with Crippen molar-refractivity contribution in [1.82, 2.24) is 19.9 Å². The standard InChI is InChI=1S/C15H23N5O/c1-4-15(5-2,10-16)14(21)17-11(3)13-19-18-12-8-6-7-9-20(12)13/h6-9,11H,4-5,10,16H2,1-3H3,(H,17,21). The quantitative estimate of drug-likeness (QED) is 0.847. The molecule has 0 aromatic carbocycles. The van der Waals surface area contributed by atoms with E-state index in [0.29, 0.717) is 6.54 Å². The first-order valence-corrected chi connectivity index (χ1v) is 7.38. The molecule has 114 valence electrons. The third-order valence-electron chi connectivity index (χ3n) is 4.30. The molecule has 0 bridgehead atoms. The first-order chi connectivity index (χ1) is 10.1. The molecule has 2 aromatic heterocycles. The fourth-order valence-electron chi connectivity index (χ4n) is 2.52. The number of amides is 1. The van der Waals surface area contributed by atoms with Crippen molar-refractivity contribution >= 4 is 11.6 Å². The number of nitrogens with zero attached hydrogens (tertiary/aromatic N) is 3. The van der Waals surface area contributed by atoms with Crippen LogP contribution in [0.15, 0.2) is 24.4 Å². The van der Waals surface area contributed by atoms with Gasteiger partial charge in [-0.15, -0.1) is 10.2 Å². The first kappa shape index (κ1) is 15.4. The SMILES string of the molecule is CCC(CC)(CN)C(=O)NC(C)c1nnc2ccccn12. The Morgan fingerprint density at radius 1 is 1.38 bits per heavy atom. The highest BCUT2D eigenvalue weighted by atomic mass is 16.2. The molecule has 0 aliphatic heterocycles. The Kier molecular flexibility index (Phi) is 4.57. The van der Waals surface area contributed by atoms with Crippen LogP contribution in [0.4, 0.5) is 0 Å². The van der Waals surface area contributed by atoms with E-state index in [2.05, 4.69) is 15.5 Å². The highest BCUT2D eigenvalue weighted by Gasteiger charge is 2.34. The van der Waals surface area contributed by atoms with E-state index in [0.717, 1.165) is 24.3 Å². The lowest BCUT2D eigenvalue weighted by Crippen LogP contribution is -2.46. The predicted molar refractivity (Wildman–Crippen MR) is 81.6 cm³/mol. The maximum absolute atomic E-state index is 12.6. The van der Waals surface area contributed by atoms with Crippen molar-refractivity contribution in [2.24, 2.45) is 11.1 Å². The van der Waals surface area contributed by atoms with Gasteiger partial charge < -0.3 is 11.1 Å². The van der Waals surface area contributed by atoms with Crippen LogP contribution in [-0.4, -0.2) is 27.0 Å². The van der Waals surface area contributed by atoms with E-state index in [4.69, 9.17) is 5.73 Å². The molecular weight excluding hydrogens is 266 g/mol. The minimum absolute atomic E-state index is 0.0184. The maximum Gasteiger partial charge on any atom is 0.228 e. The van der Waals surface area contributed by atoms with Gasteiger partial charge in [-0.2, -0.15) is 0 Å². The van der Waals surface area contributed by atoms with Crippen molar-refractivity contribution in [3.63, 3.8) is 0 Å². The minimum atomic E-state index is -0.505. The van der Waals surface area contributed by atoms with Gasteiger partial charge in [0.15, 0.2) is 11.5 Å². The maximum atomic E-state index is 12.6. The Hall–Kier alpha value is -1.95. The van der Waals surface area contributed by atoms with Crippen LogP contribution in [0.2, 0.25) is 0 Å². The summed E-state index contributed by atoms with van der Waals surface area (Å²) in [5.74, 6) is 0.701. The molecule has 6 nitrogen and oxygen atoms in total. The predicted octanol–water partition coefficient (Wildman–Crippen LogP) is 1.67. The molecule has 2 aromatic rings. The van der Waals surface area contributed by atoms with Gasteiger partial charge in [-0.1, -0.05) is 19.9 Å². The van der Waals surface area contributed by atoms with Crippen LogP contribution >= 0.6 is 0 Å². The number of carbonyl (C=O) groups is 1. The van der Waals surface area contributed by atoms with Crippen LogP contribution < -0.4 is 11.1 Å². The second-order valence-corrected chi connectivity index (χ2v) is 5.37. The molecule has 2 rings (SSSR count). The first-order valence-electron chi connectivity index (χ1n) is 7.38. The average Bonchev–Trinajstić information content (AvgIpc) is 2.93. The van der Waals surface area contributed by atoms with Crippen LogP contribution in [0.5, 0.6) is 0 Å². The molecule has 1 amide bonds. The van der Waals surface area contributed by atoms with Gasteiger partial charge in [-0.3, -0.25) is 9.20 Å². The number of hydrogen-bond donors (Lipinski definition) is 2. The van der Waals surface area contributed by atoms with Crippen LogP contribution in [0.3, 0.4) is 0 Å². The molecule has 0 fully saturated rings. The highest BCUT2D eigenvalue weighted by Crippen LogP contribution is 2.26. The number of rotatable bonds is 6. The summed E-state index contributed by atoms with van der Waals surface area (Å²) in [5, 5.41) is 11.3. The summed E-state index contributed by atoms with van der Waals surface area (Å²) in [6.45, 7) is 6.24. The Morgan fingerprint density at radius 3 is 2.71 bits per heavy atom. The Balaban J connectivity index is 2.21. The molecule has 2 heterocycles. The molecule has 0 saturated heterocycles. The van der Waals surface area contributed by atoms with Gasteiger partial charge in [0, 0.05) is 12.7 Å². The lowest BCUT2D eigenvalue weighted by atomic mass is 9.81. The summed E-state index contributed by atoms with van der Waals surface area (Å²) in [7, 11) is 0. The van der Waals surface area contributed by atoms with Crippen LogP contribution in [0.1, 0.15) is 45.5 Å². The van der Waals surface area contributed by atoms with Crippen LogP contribution in [-0.2, 0) is 4.79 Å². The zero-order chi connectivity index (χ0) is 15.5. The minimum Gasteiger partial charge on any atom is -0.346 e. The second-order valence-electron chi connectivity index (χ2n) is 5.37. The normalized spacial score (nSPS) is 13.3. The van der Waals surface area contributed by atoms with E-state index >= 15 is 0 Å². The summed E-state index contributed by atoms with van der Waals surface area (Å²) in [6.07, 6.45) is 3.33. The number of carbonyl (C=O) groups excluding carboxylic acids is 1. The largest absolute Gasteiger partial charge is 0.346 e. The topological polar surface area (TPSA) is 85.3 Å². The van der Waals surface area contributed by atoms with Gasteiger partial charge >= 0.3 is 0 Å². The smallest absolute Gasteiger partial charge is 0.228 e. The fourth-order valence-corrected chi connectivity index (χ4v) is 2.52. The van der Waals surface area contributed by atoms with Gasteiger partial charge in [0.05, 0.1) is 11.5 Å². The molecular formula is C15H23N5O. The van der Waals surface area contributed by atoms with Gasteiger partial charge in [0.1, 0.15) is 0 Å². The van der Waals surface area contributed by atoms with Crippen molar-refractivity contribution in [3.05, 3.63) is 30.2 Å². The summed E-state index contributed by atoms with van der Waals surface area (Å²) in [6, 6.07) is 5.48. The lowest BCUT2D eigenvalue weighted by molar-refractivity contribution is -0.131. The molecule has 1 unspecified atom stereocenters. The summed E-state index contributed by atoms with van der Waals surface area (Å²) in [5.41, 5.74) is 6.08. The molecule has 3 N–H and O–H groups in total. The van der Waals surface area contributed by atoms with E-state index in [-0.39, 0.29) is 11.9 Å². The van der Waals surface area contributed by atoms with Crippen molar-refractivity contribution in [2.45, 2.75) is 39.7 Å². The van der Waals surface area contributed by atoms with Crippen molar-refractivity contribution < 1.29 is 4.79 Å². The number of pyridine rings is 1. The van der Waals surface area contributed by atoms with Gasteiger partial charge in [-0.25, -0.2) is 0 Å². The Bertz CT molecular complexity index is 609. The Labute approximate surface area is 124 Å². The Morgan fingerprint density at radius 2 is 2.10 bits per heavy atom. The summed E-state index contributed by atoms with van der Waals surface area (Å²) >= 11 is 0. The summed E-state index contributed by atoms with van der Waals surface area (Å²) in [4.78, 5) is 12.6. The molecule has 0 saturated carbocycles. The van der Waals surface area contributed by atoms with Gasteiger partial charge in [0.2, 0.25) is 5.91 Å². The van der Waals surface area contributed by atoms with E-state index in [1.807, 2.05) is 49.6 Å². The fraction of sp³-hybridized carbons (Fsp3) is 0.533. The van der Waals surface area contributed by atoms with Crippen LogP contribution in [0, 0.1) is 5.41 Å². The van der Waals surface area contributed by atoms with E-state index in [9.17, 15) is 4.79 Å². The molecule has 0 radical (unpaired) electrons. The number of nitrogens with one attached hydrogen (secondary N) is 1. The van der Waals surface area contributed by atoms with Gasteiger partial charge in [-0.05, 0) is 31.9 Å². The van der Waals surface area contributed by atoms with Gasteiger partial charge in [0.25, 0.3) is 0 Å². The second kappa shape index (κ2) is 6.22. The molecule has 6 heteroatoms. The van der Waals surface area contributed by atoms with Crippen molar-refractivity contribution in [2.75, 3.05) is 6.54 Å². The van der Waals surface area contributed by atoms with Crippen molar-refractivity contribution in [1.29, 1.82) is 0 Å². The summed E-state index contributed by atoms with van der Waals surface area (Å²) < 4.78 is 1.88. The molecule has 0 aliphatic carbocycles.